The minimum Gasteiger partial charge on any atom is -0.352 e. The highest BCUT2D eigenvalue weighted by atomic mass is 16.2. The second-order valence-electron chi connectivity index (χ2n) is 6.33. The predicted octanol–water partition coefficient (Wildman–Crippen LogP) is 1.10. The Balaban J connectivity index is 1.78. The van der Waals surface area contributed by atoms with Crippen LogP contribution in [-0.2, 0) is 14.4 Å². The van der Waals surface area contributed by atoms with Gasteiger partial charge in [0.1, 0.15) is 0 Å². The number of nitrogens with one attached hydrogen (secondary N) is 2. The third-order valence-electron chi connectivity index (χ3n) is 4.14. The molecule has 0 spiro atoms. The summed E-state index contributed by atoms with van der Waals surface area (Å²) in [7, 11) is 0. The summed E-state index contributed by atoms with van der Waals surface area (Å²) in [5, 5.41) is 5.45. The fourth-order valence-corrected chi connectivity index (χ4v) is 2.73. The van der Waals surface area contributed by atoms with Gasteiger partial charge in [-0.05, 0) is 23.8 Å². The Bertz CT molecular complexity index is 704. The van der Waals surface area contributed by atoms with Crippen LogP contribution in [0.5, 0.6) is 0 Å². The molecule has 0 bridgehead atoms. The largest absolute Gasteiger partial charge is 0.352 e. The van der Waals surface area contributed by atoms with Crippen LogP contribution in [0.3, 0.4) is 0 Å². The van der Waals surface area contributed by atoms with Crippen LogP contribution in [0.4, 0.5) is 5.69 Å². The lowest BCUT2D eigenvalue weighted by atomic mass is 10.2. The van der Waals surface area contributed by atoms with Crippen LogP contribution in [0.2, 0.25) is 0 Å². The molecule has 2 rings (SSSR count). The van der Waals surface area contributed by atoms with Gasteiger partial charge < -0.3 is 15.5 Å². The fraction of sp³-hybridized carbons (Fsp3) is 0.350. The quantitative estimate of drug-likeness (QED) is 0.556. The summed E-state index contributed by atoms with van der Waals surface area (Å²) in [5.41, 5.74) is 1.61. The molecule has 0 aliphatic carbocycles. The van der Waals surface area contributed by atoms with Gasteiger partial charge in [0.15, 0.2) is 0 Å². The summed E-state index contributed by atoms with van der Waals surface area (Å²) in [5.74, 6) is -0.195. The van der Waals surface area contributed by atoms with E-state index in [1.165, 1.54) is 6.92 Å². The Morgan fingerprint density at radius 3 is 2.37 bits per heavy atom. The second kappa shape index (κ2) is 10.3. The third kappa shape index (κ3) is 7.07. The summed E-state index contributed by atoms with van der Waals surface area (Å²) in [6.45, 7) is 8.37. The van der Waals surface area contributed by atoms with Gasteiger partial charge in [-0.3, -0.25) is 19.3 Å². The number of hydrogen-bond acceptors (Lipinski definition) is 4. The molecule has 0 aromatic heterocycles. The number of carbonyl (C=O) groups is 3. The number of nitrogens with zero attached hydrogens (tertiary/aromatic N) is 2. The van der Waals surface area contributed by atoms with Crippen LogP contribution >= 0.6 is 0 Å². The van der Waals surface area contributed by atoms with E-state index in [9.17, 15) is 14.4 Å². The summed E-state index contributed by atoms with van der Waals surface area (Å²) >= 11 is 0. The van der Waals surface area contributed by atoms with Gasteiger partial charge in [0.2, 0.25) is 17.7 Å². The van der Waals surface area contributed by atoms with Crippen molar-refractivity contribution in [1.82, 2.24) is 15.1 Å². The Morgan fingerprint density at radius 1 is 1.11 bits per heavy atom. The molecule has 1 fully saturated rings. The first kappa shape index (κ1) is 20.4. The van der Waals surface area contributed by atoms with Crippen molar-refractivity contribution < 1.29 is 14.4 Å². The summed E-state index contributed by atoms with van der Waals surface area (Å²) in [6.07, 6.45) is 4.96. The SMILES string of the molecule is C=CCNC(=O)CN1CCN(C(=O)/C=C/c2ccc(NC(C)=O)cc2)CC1. The Kier molecular flexibility index (Phi) is 7.76. The maximum Gasteiger partial charge on any atom is 0.246 e. The molecule has 2 N–H and O–H groups in total. The van der Waals surface area contributed by atoms with Gasteiger partial charge in [-0.1, -0.05) is 18.2 Å². The molecule has 1 heterocycles. The molecule has 7 nitrogen and oxygen atoms in total. The van der Waals surface area contributed by atoms with E-state index < -0.39 is 0 Å². The van der Waals surface area contributed by atoms with Gasteiger partial charge in [0.05, 0.1) is 6.54 Å². The van der Waals surface area contributed by atoms with Crippen LogP contribution in [0.15, 0.2) is 43.0 Å². The maximum absolute atomic E-state index is 12.3. The molecule has 1 aliphatic heterocycles. The molecule has 3 amide bonds. The van der Waals surface area contributed by atoms with E-state index in [1.807, 2.05) is 17.0 Å². The number of piperazine rings is 1. The Hall–Kier alpha value is -2.93. The normalized spacial score (nSPS) is 14.8. The fourth-order valence-electron chi connectivity index (χ4n) is 2.73. The lowest BCUT2D eigenvalue weighted by Gasteiger charge is -2.33. The van der Waals surface area contributed by atoms with Gasteiger partial charge in [-0.15, -0.1) is 6.58 Å². The van der Waals surface area contributed by atoms with E-state index in [-0.39, 0.29) is 17.7 Å². The van der Waals surface area contributed by atoms with Crippen LogP contribution < -0.4 is 10.6 Å². The molecular weight excluding hydrogens is 344 g/mol. The zero-order valence-corrected chi connectivity index (χ0v) is 15.6. The van der Waals surface area contributed by atoms with Crippen molar-refractivity contribution in [3.05, 3.63) is 48.6 Å². The molecule has 0 saturated carbocycles. The molecule has 27 heavy (non-hydrogen) atoms. The molecule has 0 atom stereocenters. The van der Waals surface area contributed by atoms with E-state index in [1.54, 1.807) is 35.3 Å². The maximum atomic E-state index is 12.3. The molecule has 1 aromatic carbocycles. The number of hydrogen-bond donors (Lipinski definition) is 2. The highest BCUT2D eigenvalue weighted by Gasteiger charge is 2.20. The number of rotatable bonds is 7. The number of carbonyl (C=O) groups excluding carboxylic acids is 3. The van der Waals surface area contributed by atoms with E-state index in [2.05, 4.69) is 17.2 Å². The molecular formula is C20H26N4O3. The lowest BCUT2D eigenvalue weighted by Crippen LogP contribution is -2.50. The van der Waals surface area contributed by atoms with Gasteiger partial charge in [-0.25, -0.2) is 0 Å². The standard InChI is InChI=1S/C20H26N4O3/c1-3-10-21-19(26)15-23-11-13-24(14-12-23)20(27)9-6-17-4-7-18(8-5-17)22-16(2)25/h3-9H,1,10-15H2,2H3,(H,21,26)(H,22,25)/b9-6+. The van der Waals surface area contributed by atoms with Crippen molar-refractivity contribution in [3.8, 4) is 0 Å². The molecule has 1 aliphatic rings. The molecule has 144 valence electrons. The van der Waals surface area contributed by atoms with Gasteiger partial charge >= 0.3 is 0 Å². The average molecular weight is 370 g/mol. The first-order valence-electron chi connectivity index (χ1n) is 8.92. The Morgan fingerprint density at radius 2 is 1.78 bits per heavy atom. The first-order chi connectivity index (χ1) is 13.0. The van der Waals surface area contributed by atoms with Crippen LogP contribution in [0.25, 0.3) is 6.08 Å². The number of anilines is 1. The lowest BCUT2D eigenvalue weighted by molar-refractivity contribution is -0.128. The van der Waals surface area contributed by atoms with Crippen molar-refractivity contribution in [2.45, 2.75) is 6.92 Å². The van der Waals surface area contributed by atoms with Crippen LogP contribution in [0.1, 0.15) is 12.5 Å². The zero-order valence-electron chi connectivity index (χ0n) is 15.6. The van der Waals surface area contributed by atoms with E-state index in [0.717, 1.165) is 11.3 Å². The first-order valence-corrected chi connectivity index (χ1v) is 8.92. The van der Waals surface area contributed by atoms with Gasteiger partial charge in [-0.2, -0.15) is 0 Å². The minimum atomic E-state index is -0.120. The zero-order chi connectivity index (χ0) is 19.6. The van der Waals surface area contributed by atoms with E-state index in [0.29, 0.717) is 39.3 Å². The molecule has 7 heteroatoms. The van der Waals surface area contributed by atoms with Gasteiger partial charge in [0, 0.05) is 51.4 Å². The highest BCUT2D eigenvalue weighted by molar-refractivity contribution is 5.92. The third-order valence-corrected chi connectivity index (χ3v) is 4.14. The predicted molar refractivity (Wildman–Crippen MR) is 106 cm³/mol. The smallest absolute Gasteiger partial charge is 0.246 e. The summed E-state index contributed by atoms with van der Waals surface area (Å²) < 4.78 is 0. The minimum absolute atomic E-state index is 0.0303. The molecule has 1 saturated heterocycles. The Labute approximate surface area is 159 Å². The molecule has 0 unspecified atom stereocenters. The van der Waals surface area contributed by atoms with Crippen molar-refractivity contribution in [2.24, 2.45) is 0 Å². The van der Waals surface area contributed by atoms with Crippen LogP contribution in [0, 0.1) is 0 Å². The monoisotopic (exact) mass is 370 g/mol. The van der Waals surface area contributed by atoms with Crippen LogP contribution in [-0.4, -0.2) is 66.8 Å². The van der Waals surface area contributed by atoms with Crippen molar-refractivity contribution in [2.75, 3.05) is 44.6 Å². The highest BCUT2D eigenvalue weighted by Crippen LogP contribution is 2.11. The molecule has 1 aromatic rings. The van der Waals surface area contributed by atoms with E-state index >= 15 is 0 Å². The average Bonchev–Trinajstić information content (AvgIpc) is 2.65. The molecule has 0 radical (unpaired) electrons. The topological polar surface area (TPSA) is 81.8 Å². The van der Waals surface area contributed by atoms with Gasteiger partial charge in [0.25, 0.3) is 0 Å². The summed E-state index contributed by atoms with van der Waals surface area (Å²) in [6, 6.07) is 7.27. The number of amides is 3. The second-order valence-corrected chi connectivity index (χ2v) is 6.33. The van der Waals surface area contributed by atoms with E-state index in [4.69, 9.17) is 0 Å². The van der Waals surface area contributed by atoms with Crippen molar-refractivity contribution in [3.63, 3.8) is 0 Å². The van der Waals surface area contributed by atoms with Crippen molar-refractivity contribution in [1.29, 1.82) is 0 Å². The summed E-state index contributed by atoms with van der Waals surface area (Å²) in [4.78, 5) is 38.9. The van der Waals surface area contributed by atoms with Crippen molar-refractivity contribution >= 4 is 29.5 Å². The number of benzene rings is 1.